The van der Waals surface area contributed by atoms with Gasteiger partial charge < -0.3 is 10.1 Å². The molecular weight excluding hydrogens is 296 g/mol. The average molecular weight is 309 g/mol. The number of nitrogens with one attached hydrogen (secondary N) is 1. The van der Waals surface area contributed by atoms with Crippen molar-refractivity contribution in [2.45, 2.75) is 0 Å². The van der Waals surface area contributed by atoms with Crippen molar-refractivity contribution in [1.29, 1.82) is 0 Å². The average Bonchev–Trinajstić information content (AvgIpc) is 2.25. The lowest BCUT2D eigenvalue weighted by Gasteiger charge is -2.09. The van der Waals surface area contributed by atoms with Crippen LogP contribution in [0, 0.1) is 5.82 Å². The molecule has 0 aliphatic rings. The molecule has 0 aromatic heterocycles. The van der Waals surface area contributed by atoms with Gasteiger partial charge in [0.1, 0.15) is 18.2 Å². The van der Waals surface area contributed by atoms with Crippen LogP contribution in [0.1, 0.15) is 0 Å². The summed E-state index contributed by atoms with van der Waals surface area (Å²) >= 11 is 8.86. The molecule has 0 radical (unpaired) electrons. The highest BCUT2D eigenvalue weighted by molar-refractivity contribution is 9.10. The molecule has 0 aliphatic heterocycles. The van der Waals surface area contributed by atoms with E-state index >= 15 is 0 Å². The third-order valence-electron chi connectivity index (χ3n) is 1.80. The lowest BCUT2D eigenvalue weighted by atomic mass is 10.3. The molecule has 0 spiro atoms. The standard InChI is InChI=1S/C11H12BrClFNO/c1-2-3-15-4-5-16-11-7-10(14)9(13)6-8(11)12/h2,6-7,15H,1,3-5H2. The van der Waals surface area contributed by atoms with Gasteiger partial charge in [-0.05, 0) is 22.0 Å². The van der Waals surface area contributed by atoms with Crippen molar-refractivity contribution in [3.63, 3.8) is 0 Å². The zero-order valence-corrected chi connectivity index (χ0v) is 10.9. The largest absolute Gasteiger partial charge is 0.491 e. The van der Waals surface area contributed by atoms with Crippen LogP contribution < -0.4 is 10.1 Å². The zero-order valence-electron chi connectivity index (χ0n) is 8.60. The highest BCUT2D eigenvalue weighted by atomic mass is 79.9. The summed E-state index contributed by atoms with van der Waals surface area (Å²) in [4.78, 5) is 0. The van der Waals surface area contributed by atoms with E-state index < -0.39 is 5.82 Å². The predicted molar refractivity (Wildman–Crippen MR) is 67.7 cm³/mol. The van der Waals surface area contributed by atoms with E-state index in [2.05, 4.69) is 27.8 Å². The highest BCUT2D eigenvalue weighted by Crippen LogP contribution is 2.30. The fourth-order valence-electron chi connectivity index (χ4n) is 1.05. The van der Waals surface area contributed by atoms with Crippen molar-refractivity contribution < 1.29 is 9.13 Å². The third kappa shape index (κ3) is 4.12. The molecule has 1 aromatic rings. The first kappa shape index (κ1) is 13.5. The Morgan fingerprint density at radius 1 is 1.56 bits per heavy atom. The van der Waals surface area contributed by atoms with Gasteiger partial charge in [0.2, 0.25) is 0 Å². The summed E-state index contributed by atoms with van der Waals surface area (Å²) in [6.45, 7) is 5.42. The Kier molecular flexibility index (Phi) is 5.80. The lowest BCUT2D eigenvalue weighted by Crippen LogP contribution is -2.20. The minimum atomic E-state index is -0.487. The molecule has 1 aromatic carbocycles. The van der Waals surface area contributed by atoms with Crippen molar-refractivity contribution in [2.75, 3.05) is 19.7 Å². The molecule has 0 fully saturated rings. The monoisotopic (exact) mass is 307 g/mol. The van der Waals surface area contributed by atoms with Gasteiger partial charge in [-0.25, -0.2) is 4.39 Å². The molecule has 2 nitrogen and oxygen atoms in total. The quantitative estimate of drug-likeness (QED) is 0.494. The molecule has 0 heterocycles. The Morgan fingerprint density at radius 2 is 2.31 bits per heavy atom. The van der Waals surface area contributed by atoms with Crippen LogP contribution in [0.15, 0.2) is 29.3 Å². The predicted octanol–water partition coefficient (Wildman–Crippen LogP) is 3.40. The van der Waals surface area contributed by atoms with Crippen LogP contribution in [0.5, 0.6) is 5.75 Å². The van der Waals surface area contributed by atoms with Gasteiger partial charge in [-0.1, -0.05) is 17.7 Å². The maximum atomic E-state index is 13.1. The van der Waals surface area contributed by atoms with Crippen LogP contribution in [0.3, 0.4) is 0 Å². The normalized spacial score (nSPS) is 10.2. The lowest BCUT2D eigenvalue weighted by molar-refractivity contribution is 0.313. The molecule has 1 N–H and O–H groups in total. The van der Waals surface area contributed by atoms with Crippen molar-refractivity contribution in [3.8, 4) is 5.75 Å². The first-order valence-electron chi connectivity index (χ1n) is 4.74. The molecule has 0 unspecified atom stereocenters. The summed E-state index contributed by atoms with van der Waals surface area (Å²) in [5, 5.41) is 3.15. The third-order valence-corrected chi connectivity index (χ3v) is 2.71. The van der Waals surface area contributed by atoms with E-state index in [0.717, 1.165) is 6.54 Å². The number of rotatable bonds is 6. The van der Waals surface area contributed by atoms with Gasteiger partial charge in [0, 0.05) is 19.2 Å². The number of ether oxygens (including phenoxy) is 1. The van der Waals surface area contributed by atoms with Crippen molar-refractivity contribution >= 4 is 27.5 Å². The van der Waals surface area contributed by atoms with Crippen LogP contribution in [0.2, 0.25) is 5.02 Å². The van der Waals surface area contributed by atoms with Crippen LogP contribution in [-0.4, -0.2) is 19.7 Å². The molecule has 0 amide bonds. The summed E-state index contributed by atoms with van der Waals surface area (Å²) in [6.07, 6.45) is 1.76. The maximum absolute atomic E-state index is 13.1. The van der Waals surface area contributed by atoms with Gasteiger partial charge in [-0.2, -0.15) is 0 Å². The van der Waals surface area contributed by atoms with Crippen LogP contribution >= 0.6 is 27.5 Å². The first-order chi connectivity index (χ1) is 7.65. The van der Waals surface area contributed by atoms with Crippen LogP contribution in [0.25, 0.3) is 0 Å². The summed E-state index contributed by atoms with van der Waals surface area (Å²) in [6, 6.07) is 2.74. The van der Waals surface area contributed by atoms with Crippen molar-refractivity contribution in [3.05, 3.63) is 40.1 Å². The van der Waals surface area contributed by atoms with Gasteiger partial charge in [0.05, 0.1) is 9.50 Å². The smallest absolute Gasteiger partial charge is 0.145 e. The van der Waals surface area contributed by atoms with E-state index in [4.69, 9.17) is 16.3 Å². The van der Waals surface area contributed by atoms with Crippen molar-refractivity contribution in [1.82, 2.24) is 5.32 Å². The van der Waals surface area contributed by atoms with Crippen LogP contribution in [0.4, 0.5) is 4.39 Å². The van der Waals surface area contributed by atoms with Gasteiger partial charge in [0.15, 0.2) is 0 Å². The summed E-state index contributed by atoms with van der Waals surface area (Å²) < 4.78 is 19.1. The molecule has 0 bridgehead atoms. The van der Waals surface area contributed by atoms with Gasteiger partial charge >= 0.3 is 0 Å². The molecule has 0 saturated carbocycles. The van der Waals surface area contributed by atoms with E-state index in [-0.39, 0.29) is 5.02 Å². The maximum Gasteiger partial charge on any atom is 0.145 e. The van der Waals surface area contributed by atoms with Crippen LogP contribution in [-0.2, 0) is 0 Å². The number of hydrogen-bond acceptors (Lipinski definition) is 2. The molecule has 0 aliphatic carbocycles. The number of halogens is 3. The molecular formula is C11H12BrClFNO. The van der Waals surface area contributed by atoms with E-state index in [9.17, 15) is 4.39 Å². The van der Waals surface area contributed by atoms with E-state index in [1.807, 2.05) is 0 Å². The first-order valence-corrected chi connectivity index (χ1v) is 5.91. The topological polar surface area (TPSA) is 21.3 Å². The summed E-state index contributed by atoms with van der Waals surface area (Å²) in [7, 11) is 0. The summed E-state index contributed by atoms with van der Waals surface area (Å²) in [5.41, 5.74) is 0. The second-order valence-electron chi connectivity index (χ2n) is 3.04. The minimum Gasteiger partial charge on any atom is -0.491 e. The summed E-state index contributed by atoms with van der Waals surface area (Å²) in [5.74, 6) is -0.0405. The Hall–Kier alpha value is -0.580. The van der Waals surface area contributed by atoms with Gasteiger partial charge in [0.25, 0.3) is 0 Å². The second-order valence-corrected chi connectivity index (χ2v) is 4.30. The minimum absolute atomic E-state index is 0.0732. The molecule has 0 saturated heterocycles. The Bertz CT molecular complexity index is 373. The fourth-order valence-corrected chi connectivity index (χ4v) is 1.81. The highest BCUT2D eigenvalue weighted by Gasteiger charge is 2.07. The Morgan fingerprint density at radius 3 is 3.00 bits per heavy atom. The van der Waals surface area contributed by atoms with Crippen molar-refractivity contribution in [2.24, 2.45) is 0 Å². The fraction of sp³-hybridized carbons (Fsp3) is 0.273. The zero-order chi connectivity index (χ0) is 12.0. The molecule has 88 valence electrons. The SMILES string of the molecule is C=CCNCCOc1cc(F)c(Cl)cc1Br. The Labute approximate surface area is 108 Å². The number of benzene rings is 1. The molecule has 5 heteroatoms. The van der Waals surface area contributed by atoms with E-state index in [0.29, 0.717) is 23.4 Å². The van der Waals surface area contributed by atoms with Gasteiger partial charge in [-0.15, -0.1) is 6.58 Å². The van der Waals surface area contributed by atoms with E-state index in [1.54, 1.807) is 6.08 Å². The molecule has 16 heavy (non-hydrogen) atoms. The Balaban J connectivity index is 2.47. The second kappa shape index (κ2) is 6.89. The van der Waals surface area contributed by atoms with E-state index in [1.165, 1.54) is 12.1 Å². The van der Waals surface area contributed by atoms with Gasteiger partial charge in [-0.3, -0.25) is 0 Å². The molecule has 0 atom stereocenters. The number of hydrogen-bond donors (Lipinski definition) is 1. The molecule has 1 rings (SSSR count).